The van der Waals surface area contributed by atoms with Gasteiger partial charge in [-0.1, -0.05) is 15.9 Å². The van der Waals surface area contributed by atoms with Gasteiger partial charge in [-0.15, -0.1) is 0 Å². The van der Waals surface area contributed by atoms with Crippen LogP contribution in [-0.4, -0.2) is 9.55 Å². The summed E-state index contributed by atoms with van der Waals surface area (Å²) in [5.41, 5.74) is 5.10. The SMILES string of the molecule is Nc1ccc2nc(C(F)(F)F)n(-c3ccc(Br)cc3)c(=O)c2c1. The second kappa shape index (κ2) is 5.38. The van der Waals surface area contributed by atoms with E-state index in [9.17, 15) is 18.0 Å². The van der Waals surface area contributed by atoms with Gasteiger partial charge >= 0.3 is 6.18 Å². The van der Waals surface area contributed by atoms with Gasteiger partial charge in [-0.2, -0.15) is 13.2 Å². The van der Waals surface area contributed by atoms with Crippen LogP contribution in [0.25, 0.3) is 16.6 Å². The lowest BCUT2D eigenvalue weighted by atomic mass is 10.2. The van der Waals surface area contributed by atoms with E-state index in [2.05, 4.69) is 20.9 Å². The third-order valence-electron chi connectivity index (χ3n) is 3.23. The lowest BCUT2D eigenvalue weighted by molar-refractivity contribution is -0.146. The Bertz CT molecular complexity index is 949. The molecule has 0 aliphatic carbocycles. The molecular formula is C15H9BrF3N3O. The van der Waals surface area contributed by atoms with Crippen molar-refractivity contribution in [3.63, 3.8) is 0 Å². The molecule has 0 spiro atoms. The Morgan fingerprint density at radius 3 is 2.35 bits per heavy atom. The fourth-order valence-electron chi connectivity index (χ4n) is 2.22. The number of alkyl halides is 3. The number of benzene rings is 2. The zero-order valence-electron chi connectivity index (χ0n) is 11.4. The number of nitrogen functional groups attached to an aromatic ring is 1. The lowest BCUT2D eigenvalue weighted by Crippen LogP contribution is -2.28. The summed E-state index contributed by atoms with van der Waals surface area (Å²) in [5, 5.41) is 0.0286. The van der Waals surface area contributed by atoms with Crippen molar-refractivity contribution in [1.82, 2.24) is 9.55 Å². The number of nitrogens with zero attached hydrogens (tertiary/aromatic N) is 2. The van der Waals surface area contributed by atoms with Crippen molar-refractivity contribution in [3.8, 4) is 5.69 Å². The van der Waals surface area contributed by atoms with Gasteiger partial charge < -0.3 is 5.73 Å². The Kier molecular flexibility index (Phi) is 3.63. The van der Waals surface area contributed by atoms with Gasteiger partial charge in [-0.3, -0.25) is 9.36 Å². The maximum Gasteiger partial charge on any atom is 0.450 e. The predicted molar refractivity (Wildman–Crippen MR) is 84.5 cm³/mol. The molecule has 0 aliphatic heterocycles. The Morgan fingerprint density at radius 1 is 1.09 bits per heavy atom. The lowest BCUT2D eigenvalue weighted by Gasteiger charge is -2.15. The summed E-state index contributed by atoms with van der Waals surface area (Å²) in [7, 11) is 0. The average molecular weight is 384 g/mol. The largest absolute Gasteiger partial charge is 0.450 e. The first-order valence-corrected chi connectivity index (χ1v) is 7.22. The third-order valence-corrected chi connectivity index (χ3v) is 3.76. The number of fused-ring (bicyclic) bond motifs is 1. The Hall–Kier alpha value is -2.35. The summed E-state index contributed by atoms with van der Waals surface area (Å²) in [4.78, 5) is 16.2. The molecule has 0 atom stereocenters. The number of halogens is 4. The van der Waals surface area contributed by atoms with E-state index in [1.807, 2.05) is 0 Å². The predicted octanol–water partition coefficient (Wildman–Crippen LogP) is 3.75. The number of aromatic nitrogens is 2. The molecule has 3 aromatic rings. The summed E-state index contributed by atoms with van der Waals surface area (Å²) in [6.07, 6.45) is -4.78. The number of hydrogen-bond donors (Lipinski definition) is 1. The first-order chi connectivity index (χ1) is 10.8. The molecular weight excluding hydrogens is 375 g/mol. The van der Waals surface area contributed by atoms with Crippen LogP contribution in [0.15, 0.2) is 51.7 Å². The van der Waals surface area contributed by atoms with E-state index in [1.165, 1.54) is 30.3 Å². The van der Waals surface area contributed by atoms with Gasteiger partial charge in [-0.05, 0) is 42.5 Å². The van der Waals surface area contributed by atoms with E-state index >= 15 is 0 Å². The van der Waals surface area contributed by atoms with Crippen molar-refractivity contribution >= 4 is 32.5 Å². The molecule has 4 nitrogen and oxygen atoms in total. The molecule has 0 saturated heterocycles. The Labute approximate surface area is 136 Å². The van der Waals surface area contributed by atoms with Crippen LogP contribution < -0.4 is 11.3 Å². The number of hydrogen-bond acceptors (Lipinski definition) is 3. The summed E-state index contributed by atoms with van der Waals surface area (Å²) < 4.78 is 41.3. The van der Waals surface area contributed by atoms with Crippen molar-refractivity contribution in [2.75, 3.05) is 5.73 Å². The molecule has 3 rings (SSSR count). The molecule has 23 heavy (non-hydrogen) atoms. The van der Waals surface area contributed by atoms with Crippen LogP contribution in [0.1, 0.15) is 5.82 Å². The van der Waals surface area contributed by atoms with E-state index in [0.717, 1.165) is 0 Å². The van der Waals surface area contributed by atoms with Crippen LogP contribution in [0.5, 0.6) is 0 Å². The zero-order valence-corrected chi connectivity index (χ0v) is 13.0. The van der Waals surface area contributed by atoms with E-state index in [0.29, 0.717) is 9.04 Å². The van der Waals surface area contributed by atoms with Gasteiger partial charge in [0.1, 0.15) is 0 Å². The zero-order chi connectivity index (χ0) is 16.8. The van der Waals surface area contributed by atoms with E-state index in [4.69, 9.17) is 5.73 Å². The summed E-state index contributed by atoms with van der Waals surface area (Å²) >= 11 is 3.20. The van der Waals surface area contributed by atoms with Crippen molar-refractivity contribution in [2.24, 2.45) is 0 Å². The minimum atomic E-state index is -4.78. The van der Waals surface area contributed by atoms with Gasteiger partial charge in [0.25, 0.3) is 5.56 Å². The average Bonchev–Trinajstić information content (AvgIpc) is 2.48. The second-order valence-corrected chi connectivity index (χ2v) is 5.74. The van der Waals surface area contributed by atoms with Crippen LogP contribution in [0.4, 0.5) is 18.9 Å². The molecule has 8 heteroatoms. The first-order valence-electron chi connectivity index (χ1n) is 6.43. The number of anilines is 1. The molecule has 0 aliphatic rings. The number of nitrogens with two attached hydrogens (primary N) is 1. The van der Waals surface area contributed by atoms with Crippen LogP contribution in [0.2, 0.25) is 0 Å². The van der Waals surface area contributed by atoms with E-state index in [-0.39, 0.29) is 22.3 Å². The van der Waals surface area contributed by atoms with E-state index in [1.54, 1.807) is 12.1 Å². The maximum absolute atomic E-state index is 13.3. The normalized spacial score (nSPS) is 11.8. The second-order valence-electron chi connectivity index (χ2n) is 4.83. The van der Waals surface area contributed by atoms with E-state index < -0.39 is 17.6 Å². The highest BCUT2D eigenvalue weighted by Gasteiger charge is 2.37. The smallest absolute Gasteiger partial charge is 0.399 e. The highest BCUT2D eigenvalue weighted by molar-refractivity contribution is 9.10. The topological polar surface area (TPSA) is 60.9 Å². The van der Waals surface area contributed by atoms with Crippen LogP contribution in [0, 0.1) is 0 Å². The molecule has 0 bridgehead atoms. The van der Waals surface area contributed by atoms with Gasteiger partial charge in [0.2, 0.25) is 5.82 Å². The molecule has 0 amide bonds. The van der Waals surface area contributed by atoms with Crippen molar-refractivity contribution < 1.29 is 13.2 Å². The Morgan fingerprint density at radius 2 is 1.74 bits per heavy atom. The molecule has 2 N–H and O–H groups in total. The highest BCUT2D eigenvalue weighted by Crippen LogP contribution is 2.30. The van der Waals surface area contributed by atoms with Gasteiger partial charge in [0, 0.05) is 10.2 Å². The minimum absolute atomic E-state index is 0.0286. The minimum Gasteiger partial charge on any atom is -0.399 e. The monoisotopic (exact) mass is 383 g/mol. The molecule has 1 heterocycles. The van der Waals surface area contributed by atoms with Gasteiger partial charge in [0.05, 0.1) is 16.6 Å². The molecule has 0 saturated carbocycles. The summed E-state index contributed by atoms with van der Waals surface area (Å²) in [6, 6.07) is 9.92. The van der Waals surface area contributed by atoms with Crippen LogP contribution in [0.3, 0.4) is 0 Å². The summed E-state index contributed by atoms with van der Waals surface area (Å²) in [6.45, 7) is 0. The van der Waals surface area contributed by atoms with Gasteiger partial charge in [-0.25, -0.2) is 4.98 Å². The third kappa shape index (κ3) is 2.81. The van der Waals surface area contributed by atoms with Gasteiger partial charge in [0.15, 0.2) is 0 Å². The van der Waals surface area contributed by atoms with Crippen molar-refractivity contribution in [2.45, 2.75) is 6.18 Å². The van der Waals surface area contributed by atoms with Crippen molar-refractivity contribution in [3.05, 3.63) is 63.1 Å². The molecule has 0 unspecified atom stereocenters. The molecule has 2 aromatic carbocycles. The molecule has 0 fully saturated rings. The summed E-state index contributed by atoms with van der Waals surface area (Å²) in [5.74, 6) is -1.28. The first kappa shape index (κ1) is 15.5. The fraction of sp³-hybridized carbons (Fsp3) is 0.0667. The fourth-order valence-corrected chi connectivity index (χ4v) is 2.49. The maximum atomic E-state index is 13.3. The molecule has 1 aromatic heterocycles. The number of rotatable bonds is 1. The molecule has 0 radical (unpaired) electrons. The van der Waals surface area contributed by atoms with Crippen LogP contribution >= 0.6 is 15.9 Å². The highest BCUT2D eigenvalue weighted by atomic mass is 79.9. The Balaban J connectivity index is 2.44. The quantitative estimate of drug-likeness (QED) is 0.651. The molecule has 118 valence electrons. The van der Waals surface area contributed by atoms with Crippen LogP contribution in [-0.2, 0) is 6.18 Å². The van der Waals surface area contributed by atoms with Crippen molar-refractivity contribution in [1.29, 1.82) is 0 Å². The standard InChI is InChI=1S/C15H9BrF3N3O/c16-8-1-4-10(5-2-8)22-13(23)11-7-9(20)3-6-12(11)21-14(22)15(17,18)19/h1-7H,20H2.